The van der Waals surface area contributed by atoms with Crippen LogP contribution in [0.4, 0.5) is 0 Å². The van der Waals surface area contributed by atoms with Gasteiger partial charge in [-0.2, -0.15) is 0 Å². The fourth-order valence-electron chi connectivity index (χ4n) is 8.11. The Balaban J connectivity index is 1.84. The molecule has 0 saturated carbocycles. The van der Waals surface area contributed by atoms with Gasteiger partial charge in [-0.3, -0.25) is 9.59 Å². The van der Waals surface area contributed by atoms with Gasteiger partial charge in [0.2, 0.25) is 0 Å². The highest BCUT2D eigenvalue weighted by atomic mass is 16.7. The van der Waals surface area contributed by atoms with Gasteiger partial charge in [-0.25, -0.2) is 0 Å². The number of esters is 1. The fourth-order valence-corrected chi connectivity index (χ4v) is 8.11. The van der Waals surface area contributed by atoms with Crippen LogP contribution in [0.3, 0.4) is 0 Å². The third-order valence-corrected chi connectivity index (χ3v) is 12.2. The highest BCUT2D eigenvalue weighted by Crippen LogP contribution is 2.38. The molecule has 370 valence electrons. The van der Waals surface area contributed by atoms with Gasteiger partial charge >= 0.3 is 11.9 Å². The Morgan fingerprint density at radius 1 is 0.692 bits per heavy atom. The van der Waals surface area contributed by atoms with Crippen molar-refractivity contribution in [1.29, 1.82) is 0 Å². The molecule has 0 spiro atoms. The van der Waals surface area contributed by atoms with Crippen LogP contribution in [-0.2, 0) is 28.5 Å². The highest BCUT2D eigenvalue weighted by Gasteiger charge is 2.51. The molecule has 0 aliphatic carbocycles. The number of nitrogens with two attached hydrogens (primary N) is 1. The lowest BCUT2D eigenvalue weighted by atomic mass is 9.82. The summed E-state index contributed by atoms with van der Waals surface area (Å²) in [5.41, 5.74) is 6.02. The third kappa shape index (κ3) is 18.8. The molecule has 2 saturated heterocycles. The lowest BCUT2D eigenvalue weighted by molar-refractivity contribution is -0.310. The molecule has 2 fully saturated rings. The normalized spacial score (nSPS) is 44.8. The predicted octanol–water partition coefficient (Wildman–Crippen LogP) is 0.936. The molecule has 0 aromatic carbocycles. The van der Waals surface area contributed by atoms with Gasteiger partial charge in [0.15, 0.2) is 12.1 Å². The van der Waals surface area contributed by atoms with E-state index in [-0.39, 0.29) is 38.0 Å². The molecule has 18 heteroatoms. The summed E-state index contributed by atoms with van der Waals surface area (Å²) in [6, 6.07) is -1.14. The first-order valence-electron chi connectivity index (χ1n) is 22.6. The number of cyclic esters (lactones) is 1. The molecule has 0 aromatic rings. The number of aliphatic hydroxyl groups is 10. The van der Waals surface area contributed by atoms with E-state index in [1.165, 1.54) is 13.0 Å². The van der Waals surface area contributed by atoms with Gasteiger partial charge in [0.25, 0.3) is 0 Å². The van der Waals surface area contributed by atoms with Crippen LogP contribution in [0.15, 0.2) is 72.9 Å². The summed E-state index contributed by atoms with van der Waals surface area (Å²) in [4.78, 5) is 25.1. The number of carboxylic acids is 1. The van der Waals surface area contributed by atoms with E-state index in [1.54, 1.807) is 38.2 Å². The molecule has 2 bridgehead atoms. The lowest BCUT2D eigenvalue weighted by Crippen LogP contribution is -2.61. The van der Waals surface area contributed by atoms with Crippen molar-refractivity contribution in [2.24, 2.45) is 23.5 Å². The summed E-state index contributed by atoms with van der Waals surface area (Å²) in [6.07, 6.45) is 2.28. The topological polar surface area (TPSA) is 320 Å². The van der Waals surface area contributed by atoms with Gasteiger partial charge in [0, 0.05) is 31.1 Å². The van der Waals surface area contributed by atoms with Crippen molar-refractivity contribution in [3.05, 3.63) is 72.9 Å². The smallest absolute Gasteiger partial charge is 0.311 e. The molecule has 3 heterocycles. The van der Waals surface area contributed by atoms with Gasteiger partial charge < -0.3 is 80.9 Å². The van der Waals surface area contributed by atoms with Crippen LogP contribution in [0, 0.1) is 17.8 Å². The fraction of sp³-hybridized carbons (Fsp3) is 0.702. The first-order chi connectivity index (χ1) is 30.6. The van der Waals surface area contributed by atoms with Crippen LogP contribution in [0.2, 0.25) is 0 Å². The molecule has 18 nitrogen and oxygen atoms in total. The number of ether oxygens (including phenoxy) is 4. The molecule has 3 aliphatic rings. The average Bonchev–Trinajstić information content (AvgIpc) is 3.21. The van der Waals surface area contributed by atoms with Crippen molar-refractivity contribution in [3.63, 3.8) is 0 Å². The maximum absolute atomic E-state index is 12.6. The molecule has 19 atom stereocenters. The second kappa shape index (κ2) is 27.6. The zero-order valence-corrected chi connectivity index (χ0v) is 37.8. The highest BCUT2D eigenvalue weighted by molar-refractivity contribution is 5.71. The Morgan fingerprint density at radius 3 is 1.94 bits per heavy atom. The standard InChI is InChI=1S/C47H75NO17/c1-27-17-15-13-11-9-7-5-6-8-10-12-14-16-18-34(64-46-44(58)41(48)43(57)30(4)63-46)24-38-40(45(59)60)37(54)26-47(61,65-38)25-36(53)35(52)20-19-31(49)21-32(50)22-33(51)23-39(55)62-29(3)28(2)42(27)56/h5-6,8,10-18,27-38,40-44,46,49-54,56-58,61H,7,9,19-26,48H2,1-4H3,(H,59,60)/b6-5+,10-8+,13-11+,14-12+,17-15+,18-16?. The van der Waals surface area contributed by atoms with Gasteiger partial charge in [0.05, 0.1) is 79.6 Å². The first-order valence-corrected chi connectivity index (χ1v) is 22.6. The summed E-state index contributed by atoms with van der Waals surface area (Å²) in [7, 11) is 0. The number of carboxylic acid groups (broad SMARTS) is 1. The predicted molar refractivity (Wildman–Crippen MR) is 237 cm³/mol. The van der Waals surface area contributed by atoms with Crippen molar-refractivity contribution in [1.82, 2.24) is 0 Å². The molecule has 13 N–H and O–H groups in total. The van der Waals surface area contributed by atoms with Crippen LogP contribution >= 0.6 is 0 Å². The Hall–Kier alpha value is -3.18. The van der Waals surface area contributed by atoms with E-state index < -0.39 is 141 Å². The number of carbonyl (C=O) groups is 2. The largest absolute Gasteiger partial charge is 0.481 e. The monoisotopic (exact) mass is 926 g/mol. The first kappa shape index (κ1) is 56.1. The second-order valence-corrected chi connectivity index (χ2v) is 17.8. The summed E-state index contributed by atoms with van der Waals surface area (Å²) in [5.74, 6) is -6.82. The number of hydrogen-bond donors (Lipinski definition) is 12. The number of allylic oxidation sites excluding steroid dienone is 10. The van der Waals surface area contributed by atoms with E-state index in [0.29, 0.717) is 0 Å². The van der Waals surface area contributed by atoms with E-state index in [4.69, 9.17) is 24.7 Å². The third-order valence-electron chi connectivity index (χ3n) is 12.2. The number of aliphatic hydroxyl groups excluding tert-OH is 9. The maximum atomic E-state index is 12.6. The van der Waals surface area contributed by atoms with Crippen LogP contribution in [0.5, 0.6) is 0 Å². The Bertz CT molecular complexity index is 1620. The molecule has 0 radical (unpaired) electrons. The van der Waals surface area contributed by atoms with E-state index in [0.717, 1.165) is 12.8 Å². The van der Waals surface area contributed by atoms with E-state index in [2.05, 4.69) is 0 Å². The SMILES string of the molecule is CC1/C=C/C=C/CC/C=C/C=C/C=C/C=CC(OC2OC(C)C(O)C(N)C2O)CC2OC(O)(CC(O)C(O)CCC(O)CC(O)CC(O)CC(=O)OC(C)C(C)C1O)CC(O)C2C(=O)O. The zero-order chi connectivity index (χ0) is 48.4. The average molecular weight is 926 g/mol. The molecule has 3 rings (SSSR count). The maximum Gasteiger partial charge on any atom is 0.311 e. The molecule has 65 heavy (non-hydrogen) atoms. The van der Waals surface area contributed by atoms with Crippen molar-refractivity contribution < 1.29 is 84.7 Å². The van der Waals surface area contributed by atoms with E-state index in [9.17, 15) is 65.8 Å². The quantitative estimate of drug-likeness (QED) is 0.175. The van der Waals surface area contributed by atoms with Crippen LogP contribution in [-0.4, -0.2) is 166 Å². The number of rotatable bonds is 3. The van der Waals surface area contributed by atoms with Crippen LogP contribution < -0.4 is 5.73 Å². The van der Waals surface area contributed by atoms with Crippen LogP contribution in [0.25, 0.3) is 0 Å². The Morgan fingerprint density at radius 2 is 1.28 bits per heavy atom. The Kier molecular flexibility index (Phi) is 23.8. The molecular formula is C47H75NO17. The number of hydrogen-bond acceptors (Lipinski definition) is 17. The molecule has 0 amide bonds. The van der Waals surface area contributed by atoms with Gasteiger partial charge in [-0.05, 0) is 52.4 Å². The molecule has 3 aliphatic heterocycles. The minimum atomic E-state index is -2.35. The molecule has 0 aromatic heterocycles. The number of fused-ring (bicyclic) bond motifs is 2. The molecular weight excluding hydrogens is 851 g/mol. The van der Waals surface area contributed by atoms with E-state index >= 15 is 0 Å². The van der Waals surface area contributed by atoms with Crippen molar-refractivity contribution in [2.75, 3.05) is 0 Å². The second-order valence-electron chi connectivity index (χ2n) is 17.8. The van der Waals surface area contributed by atoms with Gasteiger partial charge in [0.1, 0.15) is 18.1 Å². The summed E-state index contributed by atoms with van der Waals surface area (Å²) >= 11 is 0. The zero-order valence-electron chi connectivity index (χ0n) is 37.8. The Labute approximate surface area is 381 Å². The summed E-state index contributed by atoms with van der Waals surface area (Å²) in [6.45, 7) is 6.78. The van der Waals surface area contributed by atoms with Crippen LogP contribution in [0.1, 0.15) is 91.9 Å². The number of aliphatic carboxylic acids is 1. The van der Waals surface area contributed by atoms with E-state index in [1.807, 2.05) is 49.5 Å². The van der Waals surface area contributed by atoms with Crippen molar-refractivity contribution >= 4 is 11.9 Å². The van der Waals surface area contributed by atoms with Gasteiger partial charge in [-0.15, -0.1) is 0 Å². The van der Waals surface area contributed by atoms with Gasteiger partial charge in [-0.1, -0.05) is 86.8 Å². The minimum absolute atomic E-state index is 0.138. The minimum Gasteiger partial charge on any atom is -0.481 e. The lowest BCUT2D eigenvalue weighted by Gasteiger charge is -2.45. The summed E-state index contributed by atoms with van der Waals surface area (Å²) in [5, 5.41) is 118. The number of carbonyl (C=O) groups excluding carboxylic acids is 1. The summed E-state index contributed by atoms with van der Waals surface area (Å²) < 4.78 is 23.2. The molecule has 19 unspecified atom stereocenters. The van der Waals surface area contributed by atoms with Crippen molar-refractivity contribution in [3.8, 4) is 0 Å². The van der Waals surface area contributed by atoms with Crippen molar-refractivity contribution in [2.45, 2.75) is 189 Å².